The number of ether oxygens (including phenoxy) is 1. The van der Waals surface area contributed by atoms with Crippen molar-refractivity contribution in [2.24, 2.45) is 0 Å². The first-order chi connectivity index (χ1) is 9.60. The van der Waals surface area contributed by atoms with Crippen molar-refractivity contribution in [3.8, 4) is 0 Å². The summed E-state index contributed by atoms with van der Waals surface area (Å²) in [6, 6.07) is 7.55. The fourth-order valence-electron chi connectivity index (χ4n) is 1.62. The molecule has 1 aromatic carbocycles. The minimum atomic E-state index is -0.401. The van der Waals surface area contributed by atoms with Gasteiger partial charge in [0.1, 0.15) is 11.3 Å². The van der Waals surface area contributed by atoms with Crippen LogP contribution in [0.3, 0.4) is 0 Å². The van der Waals surface area contributed by atoms with E-state index in [9.17, 15) is 4.79 Å². The van der Waals surface area contributed by atoms with Gasteiger partial charge in [0, 0.05) is 15.9 Å². The molecule has 0 saturated heterocycles. The molecule has 20 heavy (non-hydrogen) atoms. The maximum Gasteiger partial charge on any atom is 0.330 e. The van der Waals surface area contributed by atoms with Crippen molar-refractivity contribution in [1.29, 1.82) is 0 Å². The van der Waals surface area contributed by atoms with Gasteiger partial charge in [0.25, 0.3) is 0 Å². The van der Waals surface area contributed by atoms with E-state index < -0.39 is 5.97 Å². The normalized spacial score (nSPS) is 12.2. The number of benzene rings is 1. The van der Waals surface area contributed by atoms with Crippen LogP contribution < -0.4 is 0 Å². The molecule has 1 heterocycles. The highest BCUT2D eigenvalue weighted by Gasteiger charge is 2.06. The molecule has 5 heteroatoms. The highest BCUT2D eigenvalue weighted by atomic mass is 79.9. The average molecular weight is 356 g/mol. The maximum absolute atomic E-state index is 11.1. The van der Waals surface area contributed by atoms with Crippen LogP contribution in [-0.4, -0.2) is 12.6 Å². The molecule has 0 fully saturated rings. The number of hydrogen-bond donors (Lipinski definition) is 0. The molecule has 0 aliphatic heterocycles. The molecule has 0 spiro atoms. The summed E-state index contributed by atoms with van der Waals surface area (Å²) in [6.45, 7) is 2.10. The van der Waals surface area contributed by atoms with Crippen LogP contribution in [0.25, 0.3) is 16.0 Å². The van der Waals surface area contributed by atoms with Crippen LogP contribution in [0.1, 0.15) is 12.7 Å². The molecule has 0 bridgehead atoms. The zero-order valence-corrected chi connectivity index (χ0v) is 13.1. The molecule has 0 radical (unpaired) electrons. The number of fused-ring (bicyclic) bond motifs is 1. The van der Waals surface area contributed by atoms with Gasteiger partial charge in [-0.1, -0.05) is 33.6 Å². The number of halogens is 2. The summed E-state index contributed by atoms with van der Waals surface area (Å²) < 4.78 is 11.4. The predicted octanol–water partition coefficient (Wildman–Crippen LogP) is 4.89. The van der Waals surface area contributed by atoms with Crippen LogP contribution in [0.15, 0.2) is 51.4 Å². The third-order valence-corrected chi connectivity index (χ3v) is 3.28. The topological polar surface area (TPSA) is 39.4 Å². The Hall–Kier alpha value is -1.52. The third-order valence-electron chi connectivity index (χ3n) is 2.48. The number of allylic oxidation sites excluding steroid dienone is 2. The van der Waals surface area contributed by atoms with E-state index >= 15 is 0 Å². The van der Waals surface area contributed by atoms with Gasteiger partial charge < -0.3 is 9.15 Å². The van der Waals surface area contributed by atoms with Crippen LogP contribution in [0, 0.1) is 0 Å². The van der Waals surface area contributed by atoms with Crippen molar-refractivity contribution in [2.45, 2.75) is 6.92 Å². The fraction of sp³-hybridized carbons (Fsp3) is 0.133. The Bertz CT molecular complexity index is 685. The molecule has 0 amide bonds. The monoisotopic (exact) mass is 354 g/mol. The summed E-state index contributed by atoms with van der Waals surface area (Å²) in [7, 11) is 0. The van der Waals surface area contributed by atoms with Crippen LogP contribution >= 0.6 is 27.5 Å². The lowest BCUT2D eigenvalue weighted by Gasteiger charge is -1.93. The van der Waals surface area contributed by atoms with Crippen molar-refractivity contribution in [1.82, 2.24) is 0 Å². The van der Waals surface area contributed by atoms with Crippen molar-refractivity contribution < 1.29 is 13.9 Å². The highest BCUT2D eigenvalue weighted by Crippen LogP contribution is 2.28. The van der Waals surface area contributed by atoms with Gasteiger partial charge in [0.15, 0.2) is 0 Å². The summed E-state index contributed by atoms with van der Waals surface area (Å²) in [5.41, 5.74) is 0.754. The highest BCUT2D eigenvalue weighted by molar-refractivity contribution is 9.10. The van der Waals surface area contributed by atoms with Gasteiger partial charge in [-0.25, -0.2) is 4.79 Å². The minimum Gasteiger partial charge on any atom is -0.463 e. The first-order valence-electron chi connectivity index (χ1n) is 6.00. The largest absolute Gasteiger partial charge is 0.463 e. The van der Waals surface area contributed by atoms with Gasteiger partial charge in [0.05, 0.1) is 11.6 Å². The number of carbonyl (C=O) groups excluding carboxylic acids is 1. The quantitative estimate of drug-likeness (QED) is 0.445. The lowest BCUT2D eigenvalue weighted by molar-refractivity contribution is -0.137. The van der Waals surface area contributed by atoms with Crippen molar-refractivity contribution >= 4 is 49.5 Å². The summed E-state index contributed by atoms with van der Waals surface area (Å²) in [6.07, 6.45) is 4.43. The van der Waals surface area contributed by atoms with E-state index in [1.165, 1.54) is 12.2 Å². The van der Waals surface area contributed by atoms with Gasteiger partial charge in [-0.3, -0.25) is 0 Å². The number of carbonyl (C=O) groups is 1. The van der Waals surface area contributed by atoms with E-state index in [0.29, 0.717) is 17.4 Å². The van der Waals surface area contributed by atoms with E-state index in [2.05, 4.69) is 15.9 Å². The van der Waals surface area contributed by atoms with Crippen molar-refractivity contribution in [2.75, 3.05) is 6.61 Å². The molecule has 2 aromatic rings. The second kappa shape index (κ2) is 6.77. The zero-order chi connectivity index (χ0) is 14.5. The number of esters is 1. The SMILES string of the molecule is CCOC(=O)C=C/C=C(\Cl)c1cc2cc(Br)ccc2o1. The second-order valence-electron chi connectivity index (χ2n) is 3.92. The lowest BCUT2D eigenvalue weighted by atomic mass is 10.2. The smallest absolute Gasteiger partial charge is 0.330 e. The van der Waals surface area contributed by atoms with Gasteiger partial charge in [-0.15, -0.1) is 0 Å². The molecule has 0 aliphatic rings. The van der Waals surface area contributed by atoms with E-state index in [0.717, 1.165) is 15.4 Å². The Morgan fingerprint density at radius 2 is 2.25 bits per heavy atom. The first kappa shape index (κ1) is 14.9. The molecule has 104 valence electrons. The lowest BCUT2D eigenvalue weighted by Crippen LogP contribution is -1.98. The third kappa shape index (κ3) is 3.74. The van der Waals surface area contributed by atoms with Crippen molar-refractivity contribution in [3.05, 3.63) is 52.7 Å². The summed E-state index contributed by atoms with van der Waals surface area (Å²) in [4.78, 5) is 11.1. The molecular weight excluding hydrogens is 344 g/mol. The second-order valence-corrected chi connectivity index (χ2v) is 5.24. The summed E-state index contributed by atoms with van der Waals surface area (Å²) >= 11 is 9.53. The summed E-state index contributed by atoms with van der Waals surface area (Å²) in [5, 5.41) is 1.37. The first-order valence-corrected chi connectivity index (χ1v) is 7.17. The van der Waals surface area contributed by atoms with Gasteiger partial charge in [-0.05, 0) is 37.3 Å². The average Bonchev–Trinajstić information content (AvgIpc) is 2.82. The number of rotatable bonds is 4. The van der Waals surface area contributed by atoms with E-state index in [1.807, 2.05) is 24.3 Å². The van der Waals surface area contributed by atoms with Crippen molar-refractivity contribution in [3.63, 3.8) is 0 Å². The van der Waals surface area contributed by atoms with E-state index in [4.69, 9.17) is 20.8 Å². The van der Waals surface area contributed by atoms with Gasteiger partial charge in [0.2, 0.25) is 0 Å². The standard InChI is InChI=1S/C15H12BrClO3/c1-2-19-15(18)5-3-4-12(17)14-9-10-8-11(16)6-7-13(10)20-14/h3-9H,2H2,1H3/b5-3?,12-4-. The van der Waals surface area contributed by atoms with Crippen LogP contribution in [-0.2, 0) is 9.53 Å². The number of furan rings is 1. The van der Waals surface area contributed by atoms with Crippen LogP contribution in [0.2, 0.25) is 0 Å². The Morgan fingerprint density at radius 1 is 1.45 bits per heavy atom. The molecule has 0 unspecified atom stereocenters. The Balaban J connectivity index is 2.18. The Labute approximate surface area is 130 Å². The van der Waals surface area contributed by atoms with Gasteiger partial charge >= 0.3 is 5.97 Å². The molecule has 0 N–H and O–H groups in total. The van der Waals surface area contributed by atoms with E-state index in [-0.39, 0.29) is 0 Å². The zero-order valence-electron chi connectivity index (χ0n) is 10.7. The Morgan fingerprint density at radius 3 is 3.00 bits per heavy atom. The summed E-state index contributed by atoms with van der Waals surface area (Å²) in [5.74, 6) is 0.148. The van der Waals surface area contributed by atoms with Crippen LogP contribution in [0.4, 0.5) is 0 Å². The van der Waals surface area contributed by atoms with Gasteiger partial charge in [-0.2, -0.15) is 0 Å². The van der Waals surface area contributed by atoms with E-state index in [1.54, 1.807) is 13.0 Å². The Kier molecular flexibility index (Phi) is 5.04. The molecule has 0 saturated carbocycles. The fourth-order valence-corrected chi connectivity index (χ4v) is 2.16. The minimum absolute atomic E-state index is 0.346. The van der Waals surface area contributed by atoms with Crippen LogP contribution in [0.5, 0.6) is 0 Å². The molecule has 3 nitrogen and oxygen atoms in total. The predicted molar refractivity (Wildman–Crippen MR) is 83.5 cm³/mol. The molecule has 1 aromatic heterocycles. The molecule has 2 rings (SSSR count). The molecule has 0 aliphatic carbocycles. The maximum atomic E-state index is 11.1. The molecular formula is C15H12BrClO3. The number of hydrogen-bond acceptors (Lipinski definition) is 3. The molecule has 0 atom stereocenters.